The van der Waals surface area contributed by atoms with E-state index in [1.807, 2.05) is 0 Å². The number of carbonyl (C=O) groups is 2. The summed E-state index contributed by atoms with van der Waals surface area (Å²) in [5, 5.41) is 8.63. The fourth-order valence-corrected chi connectivity index (χ4v) is 1.14. The minimum absolute atomic E-state index is 0.128. The fourth-order valence-electron chi connectivity index (χ4n) is 1.14. The Hall–Kier alpha value is -2.17. The fraction of sp³-hybridized carbons (Fsp3) is 0.167. The molecule has 1 aromatic carbocycles. The Balaban J connectivity index is 2.86. The van der Waals surface area contributed by atoms with Gasteiger partial charge in [-0.05, 0) is 25.1 Å². The van der Waals surface area contributed by atoms with Crippen LogP contribution in [0.25, 0.3) is 6.08 Å². The second-order valence-electron chi connectivity index (χ2n) is 3.13. The number of benzene rings is 1. The Morgan fingerprint density at radius 2 is 2.18 bits per heavy atom. The minimum Gasteiger partial charge on any atom is -0.478 e. The van der Waals surface area contributed by atoms with Crippen molar-refractivity contribution >= 4 is 18.0 Å². The number of hydrogen-bond donors (Lipinski definition) is 1. The number of halogens is 1. The standard InChI is InChI=1S/C12H11FO4/c1-2-17-11(14)6-5-8-3-4-9(12(15)16)7-10(8)13/h3-7H,2H2,1H3,(H,15,16). The monoisotopic (exact) mass is 238 g/mol. The highest BCUT2D eigenvalue weighted by molar-refractivity contribution is 5.89. The molecule has 1 aromatic rings. The molecule has 0 aromatic heterocycles. The summed E-state index contributed by atoms with van der Waals surface area (Å²) in [5.41, 5.74) is -0.0150. The lowest BCUT2D eigenvalue weighted by atomic mass is 10.1. The molecular formula is C12H11FO4. The number of carbonyl (C=O) groups excluding carboxylic acids is 1. The van der Waals surface area contributed by atoms with Crippen molar-refractivity contribution in [2.75, 3.05) is 6.61 Å². The van der Waals surface area contributed by atoms with Gasteiger partial charge in [-0.15, -0.1) is 0 Å². The lowest BCUT2D eigenvalue weighted by Crippen LogP contribution is -2.00. The highest BCUT2D eigenvalue weighted by atomic mass is 19.1. The molecule has 0 saturated carbocycles. The molecule has 1 N–H and O–H groups in total. The second kappa shape index (κ2) is 5.79. The third kappa shape index (κ3) is 3.71. The number of esters is 1. The molecule has 0 radical (unpaired) electrons. The van der Waals surface area contributed by atoms with Gasteiger partial charge in [0.25, 0.3) is 0 Å². The zero-order valence-corrected chi connectivity index (χ0v) is 9.14. The van der Waals surface area contributed by atoms with Crippen LogP contribution in [0, 0.1) is 5.82 Å². The molecule has 17 heavy (non-hydrogen) atoms. The topological polar surface area (TPSA) is 63.6 Å². The molecule has 0 spiro atoms. The van der Waals surface area contributed by atoms with E-state index in [4.69, 9.17) is 5.11 Å². The van der Waals surface area contributed by atoms with E-state index in [1.54, 1.807) is 6.92 Å². The molecule has 0 heterocycles. The van der Waals surface area contributed by atoms with Gasteiger partial charge in [-0.1, -0.05) is 6.07 Å². The van der Waals surface area contributed by atoms with Gasteiger partial charge in [-0.25, -0.2) is 14.0 Å². The van der Waals surface area contributed by atoms with Crippen molar-refractivity contribution in [1.82, 2.24) is 0 Å². The molecule has 0 amide bonds. The minimum atomic E-state index is -1.20. The quantitative estimate of drug-likeness (QED) is 0.644. The lowest BCUT2D eigenvalue weighted by molar-refractivity contribution is -0.137. The first-order valence-corrected chi connectivity index (χ1v) is 4.92. The van der Waals surface area contributed by atoms with Crippen molar-refractivity contribution in [3.05, 3.63) is 41.2 Å². The van der Waals surface area contributed by atoms with E-state index in [2.05, 4.69) is 4.74 Å². The summed E-state index contributed by atoms with van der Waals surface area (Å²) in [5.74, 6) is -2.48. The van der Waals surface area contributed by atoms with E-state index in [9.17, 15) is 14.0 Å². The molecule has 0 aliphatic rings. The van der Waals surface area contributed by atoms with Crippen LogP contribution in [0.3, 0.4) is 0 Å². The summed E-state index contributed by atoms with van der Waals surface area (Å²) < 4.78 is 18.0. The summed E-state index contributed by atoms with van der Waals surface area (Å²) >= 11 is 0. The van der Waals surface area contributed by atoms with E-state index >= 15 is 0 Å². The van der Waals surface area contributed by atoms with Crippen LogP contribution in [-0.2, 0) is 9.53 Å². The summed E-state index contributed by atoms with van der Waals surface area (Å²) in [6, 6.07) is 3.44. The predicted molar refractivity (Wildman–Crippen MR) is 59.0 cm³/mol. The maximum Gasteiger partial charge on any atom is 0.335 e. The van der Waals surface area contributed by atoms with E-state index < -0.39 is 17.8 Å². The van der Waals surface area contributed by atoms with Crippen LogP contribution in [0.1, 0.15) is 22.8 Å². The van der Waals surface area contributed by atoms with Crippen molar-refractivity contribution in [2.24, 2.45) is 0 Å². The Morgan fingerprint density at radius 1 is 1.47 bits per heavy atom. The molecule has 0 unspecified atom stereocenters. The highest BCUT2D eigenvalue weighted by Gasteiger charge is 2.06. The molecule has 0 saturated heterocycles. The van der Waals surface area contributed by atoms with E-state index in [-0.39, 0.29) is 17.7 Å². The van der Waals surface area contributed by atoms with E-state index in [0.717, 1.165) is 12.1 Å². The van der Waals surface area contributed by atoms with Crippen LogP contribution in [-0.4, -0.2) is 23.7 Å². The normalized spacial score (nSPS) is 10.5. The van der Waals surface area contributed by atoms with Gasteiger partial charge in [0.05, 0.1) is 12.2 Å². The summed E-state index contributed by atoms with van der Waals surface area (Å²) in [7, 11) is 0. The number of aromatic carboxylic acids is 1. The summed E-state index contributed by atoms with van der Waals surface area (Å²) in [4.78, 5) is 21.5. The molecule has 0 atom stereocenters. The molecule has 90 valence electrons. The Bertz CT molecular complexity index is 466. The van der Waals surface area contributed by atoms with Crippen molar-refractivity contribution in [3.8, 4) is 0 Å². The zero-order valence-electron chi connectivity index (χ0n) is 9.14. The maximum absolute atomic E-state index is 13.4. The largest absolute Gasteiger partial charge is 0.478 e. The van der Waals surface area contributed by atoms with E-state index in [0.29, 0.717) is 0 Å². The van der Waals surface area contributed by atoms with Crippen LogP contribution in [0.4, 0.5) is 4.39 Å². The molecule has 1 rings (SSSR count). The zero-order chi connectivity index (χ0) is 12.8. The average Bonchev–Trinajstić information content (AvgIpc) is 2.27. The molecular weight excluding hydrogens is 227 g/mol. The highest BCUT2D eigenvalue weighted by Crippen LogP contribution is 2.12. The summed E-state index contributed by atoms with van der Waals surface area (Å²) in [6.45, 7) is 1.90. The molecule has 0 bridgehead atoms. The van der Waals surface area contributed by atoms with Gasteiger partial charge in [0.1, 0.15) is 5.82 Å². The van der Waals surface area contributed by atoms with Gasteiger partial charge < -0.3 is 9.84 Å². The van der Waals surface area contributed by atoms with E-state index in [1.165, 1.54) is 18.2 Å². The lowest BCUT2D eigenvalue weighted by Gasteiger charge is -1.99. The molecule has 0 aliphatic carbocycles. The maximum atomic E-state index is 13.4. The van der Waals surface area contributed by atoms with Crippen LogP contribution >= 0.6 is 0 Å². The first-order chi connectivity index (χ1) is 8.04. The van der Waals surface area contributed by atoms with Crippen molar-refractivity contribution < 1.29 is 23.8 Å². The molecule has 4 nitrogen and oxygen atoms in total. The first-order valence-electron chi connectivity index (χ1n) is 4.92. The molecule has 5 heteroatoms. The smallest absolute Gasteiger partial charge is 0.335 e. The van der Waals surface area contributed by atoms with Crippen LogP contribution in [0.5, 0.6) is 0 Å². The summed E-state index contributed by atoms with van der Waals surface area (Å²) in [6.07, 6.45) is 2.32. The molecule has 0 aliphatic heterocycles. The third-order valence-corrected chi connectivity index (χ3v) is 1.93. The Kier molecular flexibility index (Phi) is 4.39. The van der Waals surface area contributed by atoms with Crippen LogP contribution < -0.4 is 0 Å². The second-order valence-corrected chi connectivity index (χ2v) is 3.13. The number of hydrogen-bond acceptors (Lipinski definition) is 3. The predicted octanol–water partition coefficient (Wildman–Crippen LogP) is 2.10. The molecule has 0 fully saturated rings. The van der Waals surface area contributed by atoms with Gasteiger partial charge in [-0.2, -0.15) is 0 Å². The van der Waals surface area contributed by atoms with Crippen molar-refractivity contribution in [1.29, 1.82) is 0 Å². The number of carboxylic acid groups (broad SMARTS) is 1. The third-order valence-electron chi connectivity index (χ3n) is 1.93. The SMILES string of the molecule is CCOC(=O)C=Cc1ccc(C(=O)O)cc1F. The van der Waals surface area contributed by atoms with Crippen LogP contribution in [0.15, 0.2) is 24.3 Å². The van der Waals surface area contributed by atoms with Crippen LogP contribution in [0.2, 0.25) is 0 Å². The van der Waals surface area contributed by atoms with Gasteiger partial charge in [-0.3, -0.25) is 0 Å². The Labute approximate surface area is 97.3 Å². The number of rotatable bonds is 4. The van der Waals surface area contributed by atoms with Gasteiger partial charge in [0.2, 0.25) is 0 Å². The van der Waals surface area contributed by atoms with Crippen molar-refractivity contribution in [3.63, 3.8) is 0 Å². The van der Waals surface area contributed by atoms with Gasteiger partial charge in [0, 0.05) is 11.6 Å². The van der Waals surface area contributed by atoms with Gasteiger partial charge >= 0.3 is 11.9 Å². The van der Waals surface area contributed by atoms with Crippen molar-refractivity contribution in [2.45, 2.75) is 6.92 Å². The first kappa shape index (κ1) is 12.9. The number of ether oxygens (including phenoxy) is 1. The number of carboxylic acids is 1. The van der Waals surface area contributed by atoms with Gasteiger partial charge in [0.15, 0.2) is 0 Å². The average molecular weight is 238 g/mol. The Morgan fingerprint density at radius 3 is 2.71 bits per heavy atom.